The number of halogens is 2. The van der Waals surface area contributed by atoms with Crippen molar-refractivity contribution in [3.8, 4) is 11.3 Å². The van der Waals surface area contributed by atoms with Crippen LogP contribution in [-0.4, -0.2) is 10.3 Å². The monoisotopic (exact) mass is 225 g/mol. The van der Waals surface area contributed by atoms with Crippen LogP contribution in [0.15, 0.2) is 28.8 Å². The van der Waals surface area contributed by atoms with Crippen LogP contribution in [0.4, 0.5) is 8.78 Å². The van der Waals surface area contributed by atoms with Gasteiger partial charge in [0.05, 0.1) is 0 Å². The summed E-state index contributed by atoms with van der Waals surface area (Å²) in [5.74, 6) is -1.12. The second-order valence-corrected chi connectivity index (χ2v) is 3.45. The van der Waals surface area contributed by atoms with Crippen LogP contribution in [0, 0.1) is 11.6 Å². The summed E-state index contributed by atoms with van der Waals surface area (Å²) < 4.78 is 30.7. The minimum absolute atomic E-state index is 0.250. The van der Waals surface area contributed by atoms with Gasteiger partial charge < -0.3 is 9.63 Å². The van der Waals surface area contributed by atoms with Crippen LogP contribution in [0.25, 0.3) is 11.3 Å². The zero-order valence-electron chi connectivity index (χ0n) is 8.45. The number of aliphatic hydroxyl groups excluding tert-OH is 1. The minimum atomic E-state index is -0.806. The van der Waals surface area contributed by atoms with Gasteiger partial charge in [-0.15, -0.1) is 0 Å². The summed E-state index contributed by atoms with van der Waals surface area (Å²) in [7, 11) is 0. The van der Waals surface area contributed by atoms with Gasteiger partial charge in [0.15, 0.2) is 5.76 Å². The number of aromatic nitrogens is 1. The average Bonchev–Trinajstić information content (AvgIpc) is 2.64. The van der Waals surface area contributed by atoms with Gasteiger partial charge in [0, 0.05) is 17.7 Å². The topological polar surface area (TPSA) is 46.3 Å². The summed E-state index contributed by atoms with van der Waals surface area (Å²) in [6.45, 7) is 1.51. The van der Waals surface area contributed by atoms with E-state index in [1.54, 1.807) is 0 Å². The van der Waals surface area contributed by atoms with Gasteiger partial charge in [-0.25, -0.2) is 8.78 Å². The first-order chi connectivity index (χ1) is 7.56. The molecule has 2 aromatic rings. The summed E-state index contributed by atoms with van der Waals surface area (Å²) in [6, 6.07) is 4.51. The fourth-order valence-corrected chi connectivity index (χ4v) is 1.32. The highest BCUT2D eigenvalue weighted by Gasteiger charge is 2.12. The molecule has 0 saturated carbocycles. The van der Waals surface area contributed by atoms with Crippen molar-refractivity contribution in [3.05, 3.63) is 41.7 Å². The third-order valence-electron chi connectivity index (χ3n) is 2.10. The van der Waals surface area contributed by atoms with Gasteiger partial charge in [-0.3, -0.25) is 0 Å². The lowest BCUT2D eigenvalue weighted by Crippen LogP contribution is -1.86. The second kappa shape index (κ2) is 4.02. The van der Waals surface area contributed by atoms with Gasteiger partial charge in [-0.05, 0) is 19.1 Å². The standard InChI is InChI=1S/C11H9F2NO2/c1-6(15)11-5-10(14-16-11)7-2-8(12)4-9(13)3-7/h2-6,15H,1H3. The van der Waals surface area contributed by atoms with Crippen LogP contribution in [0.2, 0.25) is 0 Å². The molecule has 0 aliphatic carbocycles. The molecule has 1 heterocycles. The molecule has 0 fully saturated rings. The lowest BCUT2D eigenvalue weighted by Gasteiger charge is -1.96. The Morgan fingerprint density at radius 2 is 1.81 bits per heavy atom. The van der Waals surface area contributed by atoms with Crippen molar-refractivity contribution in [1.82, 2.24) is 5.16 Å². The van der Waals surface area contributed by atoms with Crippen molar-refractivity contribution in [2.75, 3.05) is 0 Å². The van der Waals surface area contributed by atoms with Gasteiger partial charge >= 0.3 is 0 Å². The van der Waals surface area contributed by atoms with Gasteiger partial charge in [-0.2, -0.15) is 0 Å². The zero-order valence-corrected chi connectivity index (χ0v) is 8.45. The Morgan fingerprint density at radius 3 is 2.31 bits per heavy atom. The molecule has 0 aliphatic heterocycles. The van der Waals surface area contributed by atoms with Gasteiger partial charge in [0.1, 0.15) is 23.4 Å². The van der Waals surface area contributed by atoms with Gasteiger partial charge in [0.2, 0.25) is 0 Å². The van der Waals surface area contributed by atoms with E-state index in [0.717, 1.165) is 18.2 Å². The van der Waals surface area contributed by atoms with E-state index in [1.165, 1.54) is 13.0 Å². The number of hydrogen-bond donors (Lipinski definition) is 1. The first kappa shape index (κ1) is 10.8. The maximum Gasteiger partial charge on any atom is 0.165 e. The fraction of sp³-hybridized carbons (Fsp3) is 0.182. The van der Waals surface area contributed by atoms with Crippen LogP contribution < -0.4 is 0 Å². The molecule has 1 atom stereocenters. The summed E-state index contributed by atoms with van der Waals surface area (Å²) in [5.41, 5.74) is 0.558. The molecule has 16 heavy (non-hydrogen) atoms. The van der Waals surface area contributed by atoms with E-state index in [4.69, 9.17) is 4.52 Å². The molecule has 0 spiro atoms. The molecular weight excluding hydrogens is 216 g/mol. The van der Waals surface area contributed by atoms with Crippen LogP contribution in [0.3, 0.4) is 0 Å². The van der Waals surface area contributed by atoms with Crippen LogP contribution in [-0.2, 0) is 0 Å². The second-order valence-electron chi connectivity index (χ2n) is 3.45. The Morgan fingerprint density at radius 1 is 1.19 bits per heavy atom. The third kappa shape index (κ3) is 2.09. The molecule has 5 heteroatoms. The van der Waals surface area contributed by atoms with Crippen molar-refractivity contribution in [2.24, 2.45) is 0 Å². The van der Waals surface area contributed by atoms with E-state index in [9.17, 15) is 13.9 Å². The number of benzene rings is 1. The molecule has 3 nitrogen and oxygen atoms in total. The summed E-state index contributed by atoms with van der Waals surface area (Å²) in [6.07, 6.45) is -0.806. The molecule has 0 radical (unpaired) electrons. The highest BCUT2D eigenvalue weighted by molar-refractivity contribution is 5.58. The summed E-state index contributed by atoms with van der Waals surface area (Å²) in [5, 5.41) is 12.8. The lowest BCUT2D eigenvalue weighted by atomic mass is 10.1. The molecule has 1 aromatic heterocycles. The Balaban J connectivity index is 2.42. The molecule has 1 N–H and O–H groups in total. The molecule has 0 saturated heterocycles. The smallest absolute Gasteiger partial charge is 0.165 e. The summed E-state index contributed by atoms with van der Waals surface area (Å²) in [4.78, 5) is 0. The highest BCUT2D eigenvalue weighted by atomic mass is 19.1. The van der Waals surface area contributed by atoms with Crippen LogP contribution in [0.1, 0.15) is 18.8 Å². The lowest BCUT2D eigenvalue weighted by molar-refractivity contribution is 0.158. The van der Waals surface area contributed by atoms with Crippen LogP contribution in [0.5, 0.6) is 0 Å². The van der Waals surface area contributed by atoms with Crippen molar-refractivity contribution in [1.29, 1.82) is 0 Å². The predicted molar refractivity (Wildman–Crippen MR) is 52.5 cm³/mol. The normalized spacial score (nSPS) is 12.8. The molecule has 1 aromatic carbocycles. The number of nitrogens with zero attached hydrogens (tertiary/aromatic N) is 1. The maximum atomic E-state index is 12.9. The van der Waals surface area contributed by atoms with E-state index in [1.807, 2.05) is 0 Å². The molecule has 0 bridgehead atoms. The van der Waals surface area contributed by atoms with Crippen molar-refractivity contribution < 1.29 is 18.4 Å². The first-order valence-electron chi connectivity index (χ1n) is 4.67. The molecule has 0 amide bonds. The quantitative estimate of drug-likeness (QED) is 0.854. The fourth-order valence-electron chi connectivity index (χ4n) is 1.32. The third-order valence-corrected chi connectivity index (χ3v) is 2.10. The minimum Gasteiger partial charge on any atom is -0.385 e. The van der Waals surface area contributed by atoms with Crippen molar-refractivity contribution in [3.63, 3.8) is 0 Å². The van der Waals surface area contributed by atoms with E-state index < -0.39 is 17.7 Å². The largest absolute Gasteiger partial charge is 0.385 e. The van der Waals surface area contributed by atoms with Crippen molar-refractivity contribution >= 4 is 0 Å². The Kier molecular flexibility index (Phi) is 2.70. The first-order valence-corrected chi connectivity index (χ1v) is 4.67. The van der Waals surface area contributed by atoms with Crippen molar-refractivity contribution in [2.45, 2.75) is 13.0 Å². The molecule has 84 valence electrons. The molecular formula is C11H9F2NO2. The SMILES string of the molecule is CC(O)c1cc(-c2cc(F)cc(F)c2)no1. The Bertz CT molecular complexity index is 488. The van der Waals surface area contributed by atoms with Gasteiger partial charge in [0.25, 0.3) is 0 Å². The number of hydrogen-bond acceptors (Lipinski definition) is 3. The maximum absolute atomic E-state index is 12.9. The van der Waals surface area contributed by atoms with Crippen LogP contribution >= 0.6 is 0 Å². The molecule has 1 unspecified atom stereocenters. The van der Waals surface area contributed by atoms with Gasteiger partial charge in [-0.1, -0.05) is 5.16 Å². The molecule has 2 rings (SSSR count). The molecule has 0 aliphatic rings. The summed E-state index contributed by atoms with van der Waals surface area (Å²) >= 11 is 0. The average molecular weight is 225 g/mol. The zero-order chi connectivity index (χ0) is 11.7. The Labute approximate surface area is 90.3 Å². The number of rotatable bonds is 2. The number of aliphatic hydroxyl groups is 1. The van der Waals surface area contributed by atoms with E-state index in [-0.39, 0.29) is 17.0 Å². The predicted octanol–water partition coefficient (Wildman–Crippen LogP) is 2.67. The highest BCUT2D eigenvalue weighted by Crippen LogP contribution is 2.23. The Hall–Kier alpha value is -1.75. The van der Waals surface area contributed by atoms with E-state index >= 15 is 0 Å². The van der Waals surface area contributed by atoms with E-state index in [0.29, 0.717) is 0 Å². The van der Waals surface area contributed by atoms with E-state index in [2.05, 4.69) is 5.16 Å².